The minimum absolute atomic E-state index is 0.0776. The van der Waals surface area contributed by atoms with E-state index in [2.05, 4.69) is 22.6 Å². The summed E-state index contributed by atoms with van der Waals surface area (Å²) in [4.78, 5) is 45.5. The molecule has 2 aromatic carbocycles. The highest BCUT2D eigenvalue weighted by atomic mass is 127. The zero-order valence-corrected chi connectivity index (χ0v) is 25.3. The highest BCUT2D eigenvalue weighted by Gasteiger charge is 2.48. The van der Waals surface area contributed by atoms with Crippen LogP contribution in [0.3, 0.4) is 0 Å². The molecule has 2 saturated heterocycles. The molecular formula is C29H32Cl2IN3O3. The Morgan fingerprint density at radius 3 is 2.21 bits per heavy atom. The Labute approximate surface area is 247 Å². The van der Waals surface area contributed by atoms with Crippen LogP contribution in [0.2, 0.25) is 10.0 Å². The van der Waals surface area contributed by atoms with Gasteiger partial charge >= 0.3 is 0 Å². The van der Waals surface area contributed by atoms with E-state index in [1.165, 1.54) is 0 Å². The zero-order chi connectivity index (χ0) is 27.2. The van der Waals surface area contributed by atoms with Gasteiger partial charge in [-0.15, -0.1) is 0 Å². The van der Waals surface area contributed by atoms with Crippen molar-refractivity contribution in [2.45, 2.75) is 44.6 Å². The zero-order valence-electron chi connectivity index (χ0n) is 21.6. The fourth-order valence-corrected chi connectivity index (χ4v) is 6.41. The average Bonchev–Trinajstić information content (AvgIpc) is 3.52. The van der Waals surface area contributed by atoms with E-state index < -0.39 is 0 Å². The van der Waals surface area contributed by atoms with Crippen molar-refractivity contribution in [3.63, 3.8) is 0 Å². The van der Waals surface area contributed by atoms with Crippen LogP contribution in [0.4, 0.5) is 0 Å². The third kappa shape index (κ3) is 5.56. The molecule has 9 heteroatoms. The summed E-state index contributed by atoms with van der Waals surface area (Å²) in [5.41, 5.74) is 1.40. The third-order valence-electron chi connectivity index (χ3n) is 8.53. The van der Waals surface area contributed by atoms with Crippen LogP contribution in [0.1, 0.15) is 54.4 Å². The van der Waals surface area contributed by atoms with Crippen LogP contribution in [-0.4, -0.2) is 71.7 Å². The van der Waals surface area contributed by atoms with Crippen LogP contribution in [0.25, 0.3) is 0 Å². The van der Waals surface area contributed by atoms with Crippen LogP contribution in [0.15, 0.2) is 42.5 Å². The number of rotatable bonds is 5. The molecular weight excluding hydrogens is 636 g/mol. The Balaban J connectivity index is 1.33. The lowest BCUT2D eigenvalue weighted by molar-refractivity contribution is -0.142. The maximum Gasteiger partial charge on any atom is 0.253 e. The summed E-state index contributed by atoms with van der Waals surface area (Å²) >= 11 is 14.8. The van der Waals surface area contributed by atoms with E-state index in [0.717, 1.165) is 22.0 Å². The standard InChI is InChI=1S/C29H32Cl2IN3O3/c1-29(11-12-29)28(38)34-13-9-19(10-14-34)27(37)35-16-22(20-5-8-23(30)24(31)15-20)25(17-35)33(2)26(36)18-3-6-21(32)7-4-18/h3-8,15,19,22,25H,9-14,16-17H2,1-2H3/t22-,25+/m1/s1. The summed E-state index contributed by atoms with van der Waals surface area (Å²) in [5, 5.41) is 0.934. The molecule has 0 spiro atoms. The maximum absolute atomic E-state index is 13.7. The van der Waals surface area contributed by atoms with Gasteiger partial charge in [-0.05, 0) is 90.2 Å². The van der Waals surface area contributed by atoms with Crippen molar-refractivity contribution in [3.8, 4) is 0 Å². The largest absolute Gasteiger partial charge is 0.342 e. The summed E-state index contributed by atoms with van der Waals surface area (Å²) in [6.45, 7) is 4.25. The topological polar surface area (TPSA) is 60.9 Å². The minimum Gasteiger partial charge on any atom is -0.342 e. The Kier molecular flexibility index (Phi) is 8.00. The first-order valence-electron chi connectivity index (χ1n) is 13.1. The van der Waals surface area contributed by atoms with Crippen LogP contribution in [0, 0.1) is 14.9 Å². The Bertz CT molecular complexity index is 1240. The van der Waals surface area contributed by atoms with Gasteiger partial charge in [0.2, 0.25) is 11.8 Å². The molecule has 2 heterocycles. The predicted octanol–water partition coefficient (Wildman–Crippen LogP) is 5.70. The number of amides is 3. The summed E-state index contributed by atoms with van der Waals surface area (Å²) in [6.07, 6.45) is 3.28. The lowest BCUT2D eigenvalue weighted by Crippen LogP contribution is -2.46. The molecule has 2 aromatic rings. The summed E-state index contributed by atoms with van der Waals surface area (Å²) in [7, 11) is 1.81. The first-order valence-corrected chi connectivity index (χ1v) is 15.0. The van der Waals surface area contributed by atoms with Crippen LogP contribution >= 0.6 is 45.8 Å². The van der Waals surface area contributed by atoms with Crippen molar-refractivity contribution in [2.75, 3.05) is 33.2 Å². The molecule has 3 amide bonds. The Morgan fingerprint density at radius 2 is 1.61 bits per heavy atom. The van der Waals surface area contributed by atoms with E-state index in [-0.39, 0.29) is 41.0 Å². The van der Waals surface area contributed by atoms with E-state index in [9.17, 15) is 14.4 Å². The van der Waals surface area contributed by atoms with Crippen molar-refractivity contribution in [1.29, 1.82) is 0 Å². The number of likely N-dealkylation sites (tertiary alicyclic amines) is 2. The molecule has 202 valence electrons. The number of carbonyl (C=O) groups excluding carboxylic acids is 3. The van der Waals surface area contributed by atoms with Gasteiger partial charge in [-0.25, -0.2) is 0 Å². The van der Waals surface area contributed by atoms with Crippen LogP contribution in [0.5, 0.6) is 0 Å². The van der Waals surface area contributed by atoms with E-state index in [1.54, 1.807) is 11.0 Å². The average molecular weight is 668 g/mol. The molecule has 6 nitrogen and oxygen atoms in total. The molecule has 5 rings (SSSR count). The molecule has 0 unspecified atom stereocenters. The molecule has 0 radical (unpaired) electrons. The van der Waals surface area contributed by atoms with Gasteiger partial charge < -0.3 is 14.7 Å². The molecule has 1 saturated carbocycles. The van der Waals surface area contributed by atoms with Gasteiger partial charge in [0.25, 0.3) is 5.91 Å². The number of halogens is 3. The molecule has 2 atom stereocenters. The molecule has 3 fully saturated rings. The Morgan fingerprint density at radius 1 is 0.947 bits per heavy atom. The third-order valence-corrected chi connectivity index (χ3v) is 9.99. The fraction of sp³-hybridized carbons (Fsp3) is 0.483. The van der Waals surface area contributed by atoms with Crippen LogP contribution < -0.4 is 0 Å². The molecule has 0 N–H and O–H groups in total. The van der Waals surface area contributed by atoms with E-state index in [0.29, 0.717) is 54.6 Å². The van der Waals surface area contributed by atoms with Gasteiger partial charge in [-0.2, -0.15) is 0 Å². The lowest BCUT2D eigenvalue weighted by Gasteiger charge is -2.34. The number of nitrogens with zero attached hydrogens (tertiary/aromatic N) is 3. The van der Waals surface area contributed by atoms with Gasteiger partial charge in [0, 0.05) is 59.6 Å². The van der Waals surface area contributed by atoms with E-state index in [4.69, 9.17) is 23.2 Å². The van der Waals surface area contributed by atoms with Crippen LogP contribution in [-0.2, 0) is 9.59 Å². The van der Waals surface area contributed by atoms with Crippen molar-refractivity contribution in [2.24, 2.45) is 11.3 Å². The summed E-state index contributed by atoms with van der Waals surface area (Å²) < 4.78 is 1.06. The predicted molar refractivity (Wildman–Crippen MR) is 157 cm³/mol. The second kappa shape index (κ2) is 11.0. The summed E-state index contributed by atoms with van der Waals surface area (Å²) in [5.74, 6) is 0.0584. The van der Waals surface area contributed by atoms with Gasteiger partial charge in [0.1, 0.15) is 0 Å². The second-order valence-corrected chi connectivity index (χ2v) is 13.2. The minimum atomic E-state index is -0.209. The smallest absolute Gasteiger partial charge is 0.253 e. The molecule has 0 bridgehead atoms. The number of hydrogen-bond donors (Lipinski definition) is 0. The number of carbonyl (C=O) groups is 3. The normalized spacial score (nSPS) is 22.9. The molecule has 0 aromatic heterocycles. The first kappa shape index (κ1) is 27.7. The Hall–Kier alpha value is -1.84. The molecule has 2 aliphatic heterocycles. The SMILES string of the molecule is CN(C(=O)c1ccc(I)cc1)[C@H]1CN(C(=O)C2CCN(C(=O)C3(C)CC3)CC2)C[C@@H]1c1ccc(Cl)c(Cl)c1. The van der Waals surface area contributed by atoms with Gasteiger partial charge in [-0.1, -0.05) is 36.2 Å². The van der Waals surface area contributed by atoms with Crippen molar-refractivity contribution in [1.82, 2.24) is 14.7 Å². The van der Waals surface area contributed by atoms with Gasteiger partial charge in [-0.3, -0.25) is 14.4 Å². The van der Waals surface area contributed by atoms with Gasteiger partial charge in [0.15, 0.2) is 0 Å². The summed E-state index contributed by atoms with van der Waals surface area (Å²) in [6, 6.07) is 12.9. The second-order valence-electron chi connectivity index (χ2n) is 11.1. The van der Waals surface area contributed by atoms with Gasteiger partial charge in [0.05, 0.1) is 16.1 Å². The highest BCUT2D eigenvalue weighted by molar-refractivity contribution is 14.1. The number of benzene rings is 2. The maximum atomic E-state index is 13.7. The highest BCUT2D eigenvalue weighted by Crippen LogP contribution is 2.47. The van der Waals surface area contributed by atoms with Crippen molar-refractivity contribution >= 4 is 63.5 Å². The first-order chi connectivity index (χ1) is 18.1. The fourth-order valence-electron chi connectivity index (χ4n) is 5.75. The van der Waals surface area contributed by atoms with Crippen molar-refractivity contribution in [3.05, 3.63) is 67.2 Å². The van der Waals surface area contributed by atoms with E-state index >= 15 is 0 Å². The molecule has 1 aliphatic carbocycles. The van der Waals surface area contributed by atoms with Crippen molar-refractivity contribution < 1.29 is 14.4 Å². The number of hydrogen-bond acceptors (Lipinski definition) is 3. The lowest BCUT2D eigenvalue weighted by atomic mass is 9.93. The number of likely N-dealkylation sites (N-methyl/N-ethyl adjacent to an activating group) is 1. The molecule has 38 heavy (non-hydrogen) atoms. The molecule has 3 aliphatic rings. The monoisotopic (exact) mass is 667 g/mol. The number of piperidine rings is 1. The quantitative estimate of drug-likeness (QED) is 0.385. The van der Waals surface area contributed by atoms with E-state index in [1.807, 2.05) is 60.2 Å².